The van der Waals surface area contributed by atoms with Crippen molar-refractivity contribution in [3.63, 3.8) is 0 Å². The van der Waals surface area contributed by atoms with Gasteiger partial charge in [-0.05, 0) is 47.5 Å². The summed E-state index contributed by atoms with van der Waals surface area (Å²) in [5.41, 5.74) is 5.76. The summed E-state index contributed by atoms with van der Waals surface area (Å²) in [4.78, 5) is 0. The molecule has 3 aromatic carbocycles. The monoisotopic (exact) mass is 498 g/mol. The number of nitrogens with zero attached hydrogens (tertiary/aromatic N) is 4. The lowest BCUT2D eigenvalue weighted by molar-refractivity contribution is 0.306. The van der Waals surface area contributed by atoms with Crippen molar-refractivity contribution in [1.29, 1.82) is 0 Å². The Bertz CT molecular complexity index is 1230. The van der Waals surface area contributed by atoms with E-state index in [-0.39, 0.29) is 0 Å². The number of anilines is 1. The van der Waals surface area contributed by atoms with Crippen LogP contribution in [0.3, 0.4) is 0 Å². The number of hydrogen-bond donors (Lipinski definition) is 2. The van der Waals surface area contributed by atoms with Crippen molar-refractivity contribution in [3.8, 4) is 5.75 Å². The van der Waals surface area contributed by atoms with Crippen molar-refractivity contribution in [3.05, 3.63) is 99.5 Å². The highest BCUT2D eigenvalue weighted by molar-refractivity contribution is 7.98. The van der Waals surface area contributed by atoms with Crippen LogP contribution in [-0.2, 0) is 12.4 Å². The number of ether oxygens (including phenoxy) is 1. The first-order chi connectivity index (χ1) is 16.1. The molecule has 7 nitrogen and oxygen atoms in total. The number of para-hydroxylation sites is 1. The minimum Gasteiger partial charge on any atom is -0.488 e. The van der Waals surface area contributed by atoms with E-state index in [1.807, 2.05) is 72.8 Å². The fourth-order valence-electron chi connectivity index (χ4n) is 2.80. The maximum atomic E-state index is 6.10. The molecule has 0 aliphatic carbocycles. The van der Waals surface area contributed by atoms with Gasteiger partial charge in [-0.25, -0.2) is 10.1 Å². The molecule has 0 saturated carbocycles. The molecule has 4 aromatic rings. The van der Waals surface area contributed by atoms with Crippen molar-refractivity contribution in [2.75, 3.05) is 11.3 Å². The third-order valence-corrected chi connectivity index (χ3v) is 6.06. The molecule has 0 spiro atoms. The third kappa shape index (κ3) is 6.41. The Morgan fingerprint density at radius 3 is 2.33 bits per heavy atom. The number of hydrogen-bond acceptors (Lipinski definition) is 7. The lowest BCUT2D eigenvalue weighted by Crippen LogP contribution is -2.13. The summed E-state index contributed by atoms with van der Waals surface area (Å²) in [7, 11) is 0. The topological polar surface area (TPSA) is 90.3 Å². The predicted molar refractivity (Wildman–Crippen MR) is 135 cm³/mol. The van der Waals surface area contributed by atoms with Crippen LogP contribution in [0.5, 0.6) is 5.75 Å². The summed E-state index contributed by atoms with van der Waals surface area (Å²) in [6.07, 6.45) is 1.65. The van der Waals surface area contributed by atoms with Gasteiger partial charge in [0, 0.05) is 21.4 Å². The maximum Gasteiger partial charge on any atom is 0.264 e. The molecule has 0 aliphatic heterocycles. The van der Waals surface area contributed by atoms with Crippen LogP contribution in [0.15, 0.2) is 83.1 Å². The van der Waals surface area contributed by atoms with Gasteiger partial charge in [-0.2, -0.15) is 5.10 Å². The quantitative estimate of drug-likeness (QED) is 0.135. The van der Waals surface area contributed by atoms with Crippen LogP contribution in [-0.4, -0.2) is 21.1 Å². The van der Waals surface area contributed by atoms with E-state index in [9.17, 15) is 0 Å². The van der Waals surface area contributed by atoms with Crippen molar-refractivity contribution in [1.82, 2.24) is 14.9 Å². The van der Waals surface area contributed by atoms with Gasteiger partial charge in [-0.3, -0.25) is 0 Å². The number of aromatic nitrogens is 3. The molecule has 0 atom stereocenters. The molecular formula is C23H20Cl2N6OS. The molecule has 0 saturated heterocycles. The molecule has 1 aromatic heterocycles. The predicted octanol–water partition coefficient (Wildman–Crippen LogP) is 5.62. The fourth-order valence-corrected chi connectivity index (χ4v) is 3.86. The second kappa shape index (κ2) is 11.1. The zero-order valence-corrected chi connectivity index (χ0v) is 19.7. The molecule has 168 valence electrons. The Labute approximate surface area is 205 Å². The molecule has 0 fully saturated rings. The van der Waals surface area contributed by atoms with Crippen LogP contribution in [0.25, 0.3) is 0 Å². The highest BCUT2D eigenvalue weighted by Crippen LogP contribution is 2.23. The van der Waals surface area contributed by atoms with E-state index in [0.29, 0.717) is 39.3 Å². The zero-order valence-electron chi connectivity index (χ0n) is 17.4. The molecule has 0 amide bonds. The maximum absolute atomic E-state index is 6.10. The second-order valence-corrected chi connectivity index (χ2v) is 8.73. The van der Waals surface area contributed by atoms with Crippen molar-refractivity contribution in [2.45, 2.75) is 17.5 Å². The van der Waals surface area contributed by atoms with Gasteiger partial charge >= 0.3 is 0 Å². The molecule has 0 bridgehead atoms. The smallest absolute Gasteiger partial charge is 0.264 e. The summed E-state index contributed by atoms with van der Waals surface area (Å²) in [6, 6.07) is 22.8. The van der Waals surface area contributed by atoms with Crippen LogP contribution in [0.2, 0.25) is 10.0 Å². The van der Waals surface area contributed by atoms with E-state index < -0.39 is 0 Å². The number of hydrazone groups is 1. The van der Waals surface area contributed by atoms with E-state index in [4.69, 9.17) is 33.8 Å². The SMILES string of the molecule is Nn1c(N/N=C/c2ccccc2OCc2ccc(Cl)cc2)nnc1SCc1ccc(Cl)cc1. The second-order valence-electron chi connectivity index (χ2n) is 6.91. The van der Waals surface area contributed by atoms with Gasteiger partial charge in [0.05, 0.1) is 6.21 Å². The van der Waals surface area contributed by atoms with Gasteiger partial charge in [0.1, 0.15) is 12.4 Å². The van der Waals surface area contributed by atoms with Crippen LogP contribution < -0.4 is 16.0 Å². The standard InChI is InChI=1S/C23H20Cl2N6OS/c24-19-9-5-16(6-10-19)14-32-21-4-2-1-3-18(21)13-27-28-22-29-30-23(31(22)26)33-15-17-7-11-20(25)12-8-17/h1-13H,14-15,26H2,(H,28,29)/b27-13+. The van der Waals surface area contributed by atoms with Gasteiger partial charge in [0.25, 0.3) is 5.95 Å². The Morgan fingerprint density at radius 2 is 1.61 bits per heavy atom. The highest BCUT2D eigenvalue weighted by atomic mass is 35.5. The molecule has 33 heavy (non-hydrogen) atoms. The van der Waals surface area contributed by atoms with Gasteiger partial charge in [0.15, 0.2) is 0 Å². The van der Waals surface area contributed by atoms with Crippen molar-refractivity contribution < 1.29 is 4.74 Å². The highest BCUT2D eigenvalue weighted by Gasteiger charge is 2.10. The van der Waals surface area contributed by atoms with Gasteiger partial charge in [-0.1, -0.05) is 71.4 Å². The molecular weight excluding hydrogens is 479 g/mol. The van der Waals surface area contributed by atoms with Gasteiger partial charge in [-0.15, -0.1) is 10.2 Å². The number of benzene rings is 3. The lowest BCUT2D eigenvalue weighted by Gasteiger charge is -2.09. The molecule has 0 radical (unpaired) electrons. The molecule has 0 aliphatic rings. The van der Waals surface area contributed by atoms with Crippen LogP contribution in [0, 0.1) is 0 Å². The summed E-state index contributed by atoms with van der Waals surface area (Å²) < 4.78 is 7.31. The number of nitrogens with two attached hydrogens (primary N) is 1. The molecule has 1 heterocycles. The lowest BCUT2D eigenvalue weighted by atomic mass is 10.2. The number of thioether (sulfide) groups is 1. The fraction of sp³-hybridized carbons (Fsp3) is 0.0870. The van der Waals surface area contributed by atoms with Crippen molar-refractivity contribution in [2.24, 2.45) is 5.10 Å². The van der Waals surface area contributed by atoms with E-state index in [0.717, 1.165) is 16.7 Å². The largest absolute Gasteiger partial charge is 0.488 e. The van der Waals surface area contributed by atoms with Crippen LogP contribution in [0.1, 0.15) is 16.7 Å². The number of nitrogen functional groups attached to an aromatic ring is 1. The van der Waals surface area contributed by atoms with Crippen LogP contribution >= 0.6 is 35.0 Å². The Hall–Kier alpha value is -3.20. The van der Waals surface area contributed by atoms with E-state index in [1.165, 1.54) is 16.4 Å². The molecule has 3 N–H and O–H groups in total. The third-order valence-electron chi connectivity index (χ3n) is 4.54. The normalized spacial score (nSPS) is 11.1. The average Bonchev–Trinajstić information content (AvgIpc) is 3.18. The van der Waals surface area contributed by atoms with E-state index >= 15 is 0 Å². The number of rotatable bonds is 9. The minimum atomic E-state index is 0.324. The van der Waals surface area contributed by atoms with Crippen molar-refractivity contribution >= 4 is 47.1 Å². The van der Waals surface area contributed by atoms with Crippen LogP contribution in [0.4, 0.5) is 5.95 Å². The first-order valence-electron chi connectivity index (χ1n) is 9.91. The molecule has 4 rings (SSSR count). The van der Waals surface area contributed by atoms with E-state index in [1.54, 1.807) is 6.21 Å². The molecule has 10 heteroatoms. The summed E-state index contributed by atoms with van der Waals surface area (Å²) in [5.74, 6) is 7.82. The number of halogens is 2. The van der Waals surface area contributed by atoms with Gasteiger partial charge < -0.3 is 10.6 Å². The van der Waals surface area contributed by atoms with E-state index in [2.05, 4.69) is 20.7 Å². The average molecular weight is 499 g/mol. The summed E-state index contributed by atoms with van der Waals surface area (Å²) >= 11 is 13.3. The summed E-state index contributed by atoms with van der Waals surface area (Å²) in [6.45, 7) is 0.417. The minimum absolute atomic E-state index is 0.324. The Morgan fingerprint density at radius 1 is 0.939 bits per heavy atom. The summed E-state index contributed by atoms with van der Waals surface area (Å²) in [5, 5.41) is 14.4. The first-order valence-corrected chi connectivity index (χ1v) is 11.7. The zero-order chi connectivity index (χ0) is 23.0. The van der Waals surface area contributed by atoms with Gasteiger partial charge in [0.2, 0.25) is 5.16 Å². The first kappa shape index (κ1) is 23.0. The molecule has 0 unspecified atom stereocenters. The Balaban J connectivity index is 1.35. The number of nitrogens with one attached hydrogen (secondary N) is 1. The Kier molecular flexibility index (Phi) is 7.72.